The Morgan fingerprint density at radius 3 is 2.25 bits per heavy atom. The van der Waals surface area contributed by atoms with Gasteiger partial charge in [-0.05, 0) is 32.8 Å². The van der Waals surface area contributed by atoms with E-state index < -0.39 is 11.1 Å². The van der Waals surface area contributed by atoms with Crippen LogP contribution in [-0.4, -0.2) is 28.8 Å². The first kappa shape index (κ1) is 14.6. The largest absolute Gasteiger partial charge is 0.336 e. The molecular weight excluding hydrogens is 252 g/mol. The molecule has 1 unspecified atom stereocenters. The average Bonchev–Trinajstić information content (AvgIpc) is 2.43. The lowest BCUT2D eigenvalue weighted by Gasteiger charge is -2.48. The molecule has 108 valence electrons. The molecule has 1 heterocycles. The van der Waals surface area contributed by atoms with Gasteiger partial charge in [-0.25, -0.2) is 0 Å². The highest BCUT2D eigenvalue weighted by Gasteiger charge is 2.52. The molecule has 4 nitrogen and oxygen atoms in total. The van der Waals surface area contributed by atoms with E-state index in [1.54, 1.807) is 25.7 Å². The number of carbonyl (C=O) groups is 2. The third kappa shape index (κ3) is 2.09. The molecule has 2 amide bonds. The number of benzene rings is 1. The van der Waals surface area contributed by atoms with Crippen LogP contribution in [0.4, 0.5) is 0 Å². The molecule has 1 fully saturated rings. The maximum atomic E-state index is 12.9. The third-order valence-corrected chi connectivity index (χ3v) is 4.07. The smallest absolute Gasteiger partial charge is 0.253 e. The second-order valence-electron chi connectivity index (χ2n) is 5.96. The summed E-state index contributed by atoms with van der Waals surface area (Å²) < 4.78 is 0. The van der Waals surface area contributed by atoms with Crippen molar-refractivity contribution in [3.8, 4) is 0 Å². The van der Waals surface area contributed by atoms with E-state index in [4.69, 9.17) is 0 Å². The zero-order valence-corrected chi connectivity index (χ0v) is 12.6. The molecule has 1 aromatic carbocycles. The van der Waals surface area contributed by atoms with Crippen LogP contribution in [0.25, 0.3) is 0 Å². The zero-order valence-electron chi connectivity index (χ0n) is 12.6. The first-order valence-corrected chi connectivity index (χ1v) is 7.04. The lowest BCUT2D eigenvalue weighted by Crippen LogP contribution is -2.71. The SMILES string of the molecule is CCCN1C(=O)C(C)(c2ccccc2)NC(=O)C1(C)C. The molecule has 1 saturated heterocycles. The number of hydrogen-bond acceptors (Lipinski definition) is 2. The second-order valence-corrected chi connectivity index (χ2v) is 5.96. The minimum absolute atomic E-state index is 0.0462. The minimum atomic E-state index is -0.983. The van der Waals surface area contributed by atoms with Crippen molar-refractivity contribution in [2.75, 3.05) is 6.54 Å². The standard InChI is InChI=1S/C16H22N2O2/c1-5-11-18-14(20)16(4,12-9-7-6-8-10-12)17-13(19)15(18,2)3/h6-10H,5,11H2,1-4H3,(H,17,19). The molecule has 0 saturated carbocycles. The van der Waals surface area contributed by atoms with Crippen LogP contribution in [0, 0.1) is 0 Å². The van der Waals surface area contributed by atoms with Crippen molar-refractivity contribution in [2.45, 2.75) is 45.2 Å². The summed E-state index contributed by atoms with van der Waals surface area (Å²) >= 11 is 0. The van der Waals surface area contributed by atoms with E-state index in [1.165, 1.54) is 0 Å². The minimum Gasteiger partial charge on any atom is -0.336 e. The Bertz CT molecular complexity index is 525. The van der Waals surface area contributed by atoms with Gasteiger partial charge in [-0.15, -0.1) is 0 Å². The molecule has 0 bridgehead atoms. The molecule has 20 heavy (non-hydrogen) atoms. The van der Waals surface area contributed by atoms with Gasteiger partial charge < -0.3 is 10.2 Å². The number of piperazine rings is 1. The van der Waals surface area contributed by atoms with E-state index in [1.807, 2.05) is 37.3 Å². The zero-order chi connectivity index (χ0) is 15.0. The normalized spacial score (nSPS) is 25.5. The van der Waals surface area contributed by atoms with Gasteiger partial charge in [-0.3, -0.25) is 9.59 Å². The molecule has 1 atom stereocenters. The van der Waals surface area contributed by atoms with Crippen LogP contribution >= 0.6 is 0 Å². The van der Waals surface area contributed by atoms with Crippen molar-refractivity contribution >= 4 is 11.8 Å². The van der Waals surface area contributed by atoms with Gasteiger partial charge in [-0.1, -0.05) is 37.3 Å². The third-order valence-electron chi connectivity index (χ3n) is 4.07. The molecule has 4 heteroatoms. The maximum absolute atomic E-state index is 12.9. The summed E-state index contributed by atoms with van der Waals surface area (Å²) in [5, 5.41) is 2.91. The van der Waals surface area contributed by atoms with Crippen LogP contribution in [0.2, 0.25) is 0 Å². The number of nitrogens with zero attached hydrogens (tertiary/aromatic N) is 1. The first-order chi connectivity index (χ1) is 9.34. The highest BCUT2D eigenvalue weighted by atomic mass is 16.2. The molecule has 1 aliphatic heterocycles. The molecule has 1 N–H and O–H groups in total. The fourth-order valence-electron chi connectivity index (χ4n) is 2.65. The molecule has 2 rings (SSSR count). The predicted molar refractivity (Wildman–Crippen MR) is 78.0 cm³/mol. The maximum Gasteiger partial charge on any atom is 0.253 e. The van der Waals surface area contributed by atoms with E-state index in [0.717, 1.165) is 12.0 Å². The van der Waals surface area contributed by atoms with Gasteiger partial charge in [0.05, 0.1) is 0 Å². The van der Waals surface area contributed by atoms with E-state index in [-0.39, 0.29) is 11.8 Å². The van der Waals surface area contributed by atoms with Gasteiger partial charge in [0, 0.05) is 6.54 Å². The van der Waals surface area contributed by atoms with Crippen LogP contribution in [0.1, 0.15) is 39.7 Å². The van der Waals surface area contributed by atoms with Gasteiger partial charge in [0.2, 0.25) is 5.91 Å². The number of rotatable bonds is 3. The second kappa shape index (κ2) is 4.93. The molecule has 0 spiro atoms. The van der Waals surface area contributed by atoms with Crippen molar-refractivity contribution in [3.05, 3.63) is 35.9 Å². The van der Waals surface area contributed by atoms with Crippen molar-refractivity contribution in [3.63, 3.8) is 0 Å². The molecule has 0 aliphatic carbocycles. The average molecular weight is 274 g/mol. The number of amides is 2. The molecule has 0 aromatic heterocycles. The van der Waals surface area contributed by atoms with Crippen molar-refractivity contribution in [2.24, 2.45) is 0 Å². The van der Waals surface area contributed by atoms with E-state index >= 15 is 0 Å². The number of carbonyl (C=O) groups excluding carboxylic acids is 2. The summed E-state index contributed by atoms with van der Waals surface area (Å²) in [5.74, 6) is -0.160. The van der Waals surface area contributed by atoms with Crippen LogP contribution in [0.5, 0.6) is 0 Å². The lowest BCUT2D eigenvalue weighted by molar-refractivity contribution is -0.160. The van der Waals surface area contributed by atoms with E-state index in [9.17, 15) is 9.59 Å². The summed E-state index contributed by atoms with van der Waals surface area (Å²) in [6, 6.07) is 9.41. The molecule has 1 aliphatic rings. The Balaban J connectivity index is 2.47. The Morgan fingerprint density at radius 2 is 1.70 bits per heavy atom. The highest BCUT2D eigenvalue weighted by molar-refractivity contribution is 6.02. The van der Waals surface area contributed by atoms with Gasteiger partial charge in [-0.2, -0.15) is 0 Å². The van der Waals surface area contributed by atoms with Crippen molar-refractivity contribution in [1.29, 1.82) is 0 Å². The van der Waals surface area contributed by atoms with E-state index in [0.29, 0.717) is 6.54 Å². The molecular formula is C16H22N2O2. The highest BCUT2D eigenvalue weighted by Crippen LogP contribution is 2.32. The fourth-order valence-corrected chi connectivity index (χ4v) is 2.65. The molecule has 1 aromatic rings. The summed E-state index contributed by atoms with van der Waals surface area (Å²) in [4.78, 5) is 27.0. The molecule has 0 radical (unpaired) electrons. The summed E-state index contributed by atoms with van der Waals surface area (Å²) in [5.41, 5.74) is -0.973. The summed E-state index contributed by atoms with van der Waals surface area (Å²) in [7, 11) is 0. The Labute approximate surface area is 120 Å². The Kier molecular flexibility index (Phi) is 3.59. The van der Waals surface area contributed by atoms with Crippen molar-refractivity contribution in [1.82, 2.24) is 10.2 Å². The first-order valence-electron chi connectivity index (χ1n) is 7.04. The topological polar surface area (TPSA) is 49.4 Å². The predicted octanol–water partition coefficient (Wildman–Crippen LogP) is 2.05. The van der Waals surface area contributed by atoms with Crippen LogP contribution in [-0.2, 0) is 15.1 Å². The summed E-state index contributed by atoms with van der Waals surface area (Å²) in [6.07, 6.45) is 0.827. The van der Waals surface area contributed by atoms with Gasteiger partial charge >= 0.3 is 0 Å². The van der Waals surface area contributed by atoms with Gasteiger partial charge in [0.15, 0.2) is 0 Å². The van der Waals surface area contributed by atoms with E-state index in [2.05, 4.69) is 5.32 Å². The fraction of sp³-hybridized carbons (Fsp3) is 0.500. The van der Waals surface area contributed by atoms with Gasteiger partial charge in [0.1, 0.15) is 11.1 Å². The van der Waals surface area contributed by atoms with Gasteiger partial charge in [0.25, 0.3) is 5.91 Å². The number of nitrogens with one attached hydrogen (secondary N) is 1. The van der Waals surface area contributed by atoms with Crippen LogP contribution < -0.4 is 5.32 Å². The summed E-state index contributed by atoms with van der Waals surface area (Å²) in [6.45, 7) is 7.96. The van der Waals surface area contributed by atoms with Crippen LogP contribution in [0.15, 0.2) is 30.3 Å². The Morgan fingerprint density at radius 1 is 1.10 bits per heavy atom. The lowest BCUT2D eigenvalue weighted by atomic mass is 9.83. The monoisotopic (exact) mass is 274 g/mol. The quantitative estimate of drug-likeness (QED) is 0.917. The Hall–Kier alpha value is -1.84. The number of hydrogen-bond donors (Lipinski definition) is 1. The van der Waals surface area contributed by atoms with Crippen LogP contribution in [0.3, 0.4) is 0 Å². The van der Waals surface area contributed by atoms with Crippen molar-refractivity contribution < 1.29 is 9.59 Å².